The van der Waals surface area contributed by atoms with Crippen molar-refractivity contribution in [3.05, 3.63) is 65.7 Å². The van der Waals surface area contributed by atoms with E-state index in [9.17, 15) is 9.59 Å². The maximum absolute atomic E-state index is 11.8. The fourth-order valence-corrected chi connectivity index (χ4v) is 2.05. The van der Waals surface area contributed by atoms with Gasteiger partial charge in [-0.25, -0.2) is 4.79 Å². The summed E-state index contributed by atoms with van der Waals surface area (Å²) in [6, 6.07) is 14.7. The number of esters is 1. The molecule has 0 atom stereocenters. The van der Waals surface area contributed by atoms with Gasteiger partial charge in [-0.15, -0.1) is 0 Å². The number of carbonyl (C=O) groups excluding carboxylic acids is 2. The Balaban J connectivity index is 1.85. The topological polar surface area (TPSA) is 64.6 Å². The summed E-state index contributed by atoms with van der Waals surface area (Å²) in [7, 11) is 1.56. The SMILES string of the molecule is COc1ccccc1C=CC(=O)OCC(=O)Nc1ccccc1C. The monoisotopic (exact) mass is 325 g/mol. The highest BCUT2D eigenvalue weighted by Gasteiger charge is 2.07. The van der Waals surface area contributed by atoms with Crippen molar-refractivity contribution >= 4 is 23.6 Å². The van der Waals surface area contributed by atoms with Crippen LogP contribution in [-0.4, -0.2) is 25.6 Å². The van der Waals surface area contributed by atoms with Gasteiger partial charge in [0.1, 0.15) is 5.75 Å². The Morgan fingerprint density at radius 2 is 1.79 bits per heavy atom. The first-order chi connectivity index (χ1) is 11.6. The van der Waals surface area contributed by atoms with Crippen molar-refractivity contribution < 1.29 is 19.1 Å². The van der Waals surface area contributed by atoms with Gasteiger partial charge in [-0.1, -0.05) is 36.4 Å². The van der Waals surface area contributed by atoms with Crippen LogP contribution in [0, 0.1) is 6.92 Å². The zero-order chi connectivity index (χ0) is 17.4. The van der Waals surface area contributed by atoms with Gasteiger partial charge in [0.25, 0.3) is 5.91 Å². The summed E-state index contributed by atoms with van der Waals surface area (Å²) in [5, 5.41) is 2.70. The van der Waals surface area contributed by atoms with Gasteiger partial charge in [0.2, 0.25) is 0 Å². The molecule has 0 aliphatic heterocycles. The fraction of sp³-hybridized carbons (Fsp3) is 0.158. The van der Waals surface area contributed by atoms with E-state index in [-0.39, 0.29) is 12.5 Å². The number of amides is 1. The molecule has 0 aliphatic carbocycles. The molecule has 2 aromatic carbocycles. The number of hydrogen-bond acceptors (Lipinski definition) is 4. The summed E-state index contributed by atoms with van der Waals surface area (Å²) in [6.45, 7) is 1.54. The minimum Gasteiger partial charge on any atom is -0.496 e. The third kappa shape index (κ3) is 4.98. The van der Waals surface area contributed by atoms with Gasteiger partial charge < -0.3 is 14.8 Å². The fourth-order valence-electron chi connectivity index (χ4n) is 2.05. The average Bonchev–Trinajstić information content (AvgIpc) is 2.60. The smallest absolute Gasteiger partial charge is 0.331 e. The van der Waals surface area contributed by atoms with Crippen molar-refractivity contribution in [2.24, 2.45) is 0 Å². The third-order valence-corrected chi connectivity index (χ3v) is 3.30. The van der Waals surface area contributed by atoms with E-state index in [1.807, 2.05) is 43.3 Å². The van der Waals surface area contributed by atoms with Gasteiger partial charge >= 0.3 is 5.97 Å². The number of rotatable bonds is 6. The number of ether oxygens (including phenoxy) is 2. The van der Waals surface area contributed by atoms with Gasteiger partial charge in [0.15, 0.2) is 6.61 Å². The molecule has 24 heavy (non-hydrogen) atoms. The molecule has 2 aromatic rings. The molecule has 5 heteroatoms. The maximum Gasteiger partial charge on any atom is 0.331 e. The number of aryl methyl sites for hydroxylation is 1. The lowest BCUT2D eigenvalue weighted by Gasteiger charge is -2.08. The van der Waals surface area contributed by atoms with E-state index >= 15 is 0 Å². The van der Waals surface area contributed by atoms with Crippen LogP contribution in [0.3, 0.4) is 0 Å². The van der Waals surface area contributed by atoms with Crippen molar-refractivity contribution in [2.75, 3.05) is 19.0 Å². The molecule has 0 saturated heterocycles. The van der Waals surface area contributed by atoms with Gasteiger partial charge in [-0.2, -0.15) is 0 Å². The lowest BCUT2D eigenvalue weighted by atomic mass is 10.2. The first-order valence-corrected chi connectivity index (χ1v) is 7.43. The Morgan fingerprint density at radius 1 is 1.08 bits per heavy atom. The molecule has 0 spiro atoms. The number of methoxy groups -OCH3 is 1. The lowest BCUT2D eigenvalue weighted by Crippen LogP contribution is -2.20. The second kappa shape index (κ2) is 8.53. The highest BCUT2D eigenvalue weighted by molar-refractivity contribution is 5.95. The van der Waals surface area contributed by atoms with E-state index in [2.05, 4.69) is 5.32 Å². The third-order valence-electron chi connectivity index (χ3n) is 3.30. The van der Waals surface area contributed by atoms with Crippen LogP contribution in [0.15, 0.2) is 54.6 Å². The molecule has 0 unspecified atom stereocenters. The van der Waals surface area contributed by atoms with E-state index in [1.54, 1.807) is 25.3 Å². The summed E-state index contributed by atoms with van der Waals surface area (Å²) in [6.07, 6.45) is 2.85. The van der Waals surface area contributed by atoms with E-state index in [4.69, 9.17) is 9.47 Å². The first kappa shape index (κ1) is 17.3. The number of para-hydroxylation sites is 2. The molecule has 0 aliphatic rings. The van der Waals surface area contributed by atoms with E-state index in [0.717, 1.165) is 11.1 Å². The molecule has 0 fully saturated rings. The second-order valence-corrected chi connectivity index (χ2v) is 5.05. The maximum atomic E-state index is 11.8. The molecular weight excluding hydrogens is 306 g/mol. The summed E-state index contributed by atoms with van der Waals surface area (Å²) in [4.78, 5) is 23.5. The zero-order valence-electron chi connectivity index (χ0n) is 13.6. The highest BCUT2D eigenvalue weighted by atomic mass is 16.5. The number of carbonyl (C=O) groups is 2. The van der Waals surface area contributed by atoms with Crippen LogP contribution in [0.1, 0.15) is 11.1 Å². The van der Waals surface area contributed by atoms with Crippen LogP contribution in [0.4, 0.5) is 5.69 Å². The molecule has 0 heterocycles. The van der Waals surface area contributed by atoms with Crippen LogP contribution >= 0.6 is 0 Å². The predicted molar refractivity (Wildman–Crippen MR) is 92.8 cm³/mol. The Labute approximate surface area is 140 Å². The van der Waals surface area contributed by atoms with Crippen LogP contribution < -0.4 is 10.1 Å². The van der Waals surface area contributed by atoms with E-state index in [0.29, 0.717) is 11.4 Å². The van der Waals surface area contributed by atoms with Crippen LogP contribution in [0.5, 0.6) is 5.75 Å². The molecule has 0 saturated carbocycles. The number of benzene rings is 2. The van der Waals surface area contributed by atoms with Gasteiger partial charge in [-0.05, 0) is 30.7 Å². The first-order valence-electron chi connectivity index (χ1n) is 7.43. The summed E-state index contributed by atoms with van der Waals surface area (Å²) in [5.41, 5.74) is 2.39. The van der Waals surface area contributed by atoms with Crippen molar-refractivity contribution in [3.63, 3.8) is 0 Å². The number of hydrogen-bond donors (Lipinski definition) is 1. The number of nitrogens with one attached hydrogen (secondary N) is 1. The molecule has 5 nitrogen and oxygen atoms in total. The molecule has 1 N–H and O–H groups in total. The molecule has 0 bridgehead atoms. The average molecular weight is 325 g/mol. The zero-order valence-corrected chi connectivity index (χ0v) is 13.6. The summed E-state index contributed by atoms with van der Waals surface area (Å²) < 4.78 is 10.1. The van der Waals surface area contributed by atoms with E-state index in [1.165, 1.54) is 6.08 Å². The lowest BCUT2D eigenvalue weighted by molar-refractivity contribution is -0.142. The van der Waals surface area contributed by atoms with Crippen LogP contribution in [-0.2, 0) is 14.3 Å². The molecule has 124 valence electrons. The molecule has 0 aromatic heterocycles. The highest BCUT2D eigenvalue weighted by Crippen LogP contribution is 2.18. The van der Waals surface area contributed by atoms with Crippen molar-refractivity contribution in [3.8, 4) is 5.75 Å². The Morgan fingerprint density at radius 3 is 2.54 bits per heavy atom. The molecule has 1 amide bonds. The van der Waals surface area contributed by atoms with Crippen molar-refractivity contribution in [2.45, 2.75) is 6.92 Å². The standard InChI is InChI=1S/C19H19NO4/c1-14-7-3-5-9-16(14)20-18(21)13-24-19(22)12-11-15-8-4-6-10-17(15)23-2/h3-12H,13H2,1-2H3,(H,20,21). The van der Waals surface area contributed by atoms with Crippen molar-refractivity contribution in [1.29, 1.82) is 0 Å². The van der Waals surface area contributed by atoms with Crippen LogP contribution in [0.25, 0.3) is 6.08 Å². The Bertz CT molecular complexity index is 753. The van der Waals surface area contributed by atoms with E-state index < -0.39 is 5.97 Å². The summed E-state index contributed by atoms with van der Waals surface area (Å²) in [5.74, 6) is -0.331. The summed E-state index contributed by atoms with van der Waals surface area (Å²) >= 11 is 0. The van der Waals surface area contributed by atoms with Gasteiger partial charge in [0, 0.05) is 17.3 Å². The minimum absolute atomic E-state index is 0.344. The normalized spacial score (nSPS) is 10.4. The van der Waals surface area contributed by atoms with Crippen molar-refractivity contribution in [1.82, 2.24) is 0 Å². The molecule has 0 radical (unpaired) electrons. The molecular formula is C19H19NO4. The molecule has 2 rings (SSSR count). The van der Waals surface area contributed by atoms with Crippen LogP contribution in [0.2, 0.25) is 0 Å². The Kier molecular flexibility index (Phi) is 6.14. The predicted octanol–water partition coefficient (Wildman–Crippen LogP) is 3.20. The quantitative estimate of drug-likeness (QED) is 0.654. The Hall–Kier alpha value is -3.08. The van der Waals surface area contributed by atoms with Gasteiger partial charge in [-0.3, -0.25) is 4.79 Å². The number of anilines is 1. The minimum atomic E-state index is -0.596. The largest absolute Gasteiger partial charge is 0.496 e. The van der Waals surface area contributed by atoms with Gasteiger partial charge in [0.05, 0.1) is 7.11 Å². The second-order valence-electron chi connectivity index (χ2n) is 5.05.